The molecular formula is C15H14BrN3O2S. The Morgan fingerprint density at radius 1 is 1.14 bits per heavy atom. The van der Waals surface area contributed by atoms with Crippen LogP contribution in [0.4, 0.5) is 0 Å². The molecule has 2 aromatic heterocycles. The number of fused-ring (bicyclic) bond motifs is 1. The Bertz CT molecular complexity index is 889. The second kappa shape index (κ2) is 6.20. The van der Waals surface area contributed by atoms with E-state index < -0.39 is 10.0 Å². The number of nitrogens with zero attached hydrogens (tertiary/aromatic N) is 2. The number of hydrogen-bond donors (Lipinski definition) is 1. The highest BCUT2D eigenvalue weighted by molar-refractivity contribution is 9.10. The number of pyridine rings is 1. The number of hydrogen-bond acceptors (Lipinski definition) is 3. The molecule has 0 aliphatic carbocycles. The van der Waals surface area contributed by atoms with E-state index in [1.807, 2.05) is 28.8 Å². The zero-order valence-corrected chi connectivity index (χ0v) is 14.0. The minimum atomic E-state index is -3.49. The van der Waals surface area contributed by atoms with E-state index in [1.54, 1.807) is 30.5 Å². The Balaban J connectivity index is 1.68. The molecule has 0 fully saturated rings. The molecule has 114 valence electrons. The first-order chi connectivity index (χ1) is 10.6. The maximum atomic E-state index is 12.2. The van der Waals surface area contributed by atoms with E-state index in [9.17, 15) is 8.42 Å². The summed E-state index contributed by atoms with van der Waals surface area (Å²) in [6, 6.07) is 12.4. The van der Waals surface area contributed by atoms with Crippen LogP contribution in [0.5, 0.6) is 0 Å². The number of aromatic nitrogens is 2. The van der Waals surface area contributed by atoms with Crippen LogP contribution >= 0.6 is 15.9 Å². The number of halogens is 1. The molecule has 0 aliphatic rings. The van der Waals surface area contributed by atoms with Gasteiger partial charge in [-0.3, -0.25) is 0 Å². The van der Waals surface area contributed by atoms with Crippen molar-refractivity contribution in [2.45, 2.75) is 11.3 Å². The molecule has 5 nitrogen and oxygen atoms in total. The Morgan fingerprint density at radius 3 is 2.68 bits per heavy atom. The van der Waals surface area contributed by atoms with Gasteiger partial charge in [0, 0.05) is 23.6 Å². The van der Waals surface area contributed by atoms with Gasteiger partial charge in [0.05, 0.1) is 16.6 Å². The van der Waals surface area contributed by atoms with Gasteiger partial charge in [-0.2, -0.15) is 0 Å². The van der Waals surface area contributed by atoms with Crippen LogP contribution in [0, 0.1) is 0 Å². The maximum absolute atomic E-state index is 12.2. The summed E-state index contributed by atoms with van der Waals surface area (Å²) in [5, 5.41) is 0. The predicted molar refractivity (Wildman–Crippen MR) is 88.2 cm³/mol. The van der Waals surface area contributed by atoms with Crippen LogP contribution in [0.1, 0.15) is 5.82 Å². The highest BCUT2D eigenvalue weighted by atomic mass is 79.9. The Hall–Kier alpha value is -1.70. The molecule has 0 saturated carbocycles. The van der Waals surface area contributed by atoms with Crippen LogP contribution in [0.15, 0.2) is 64.2 Å². The average Bonchev–Trinajstić information content (AvgIpc) is 2.91. The fourth-order valence-corrected chi connectivity index (χ4v) is 3.47. The standard InChI is InChI=1S/C15H14BrN3O2S/c16-12-4-6-14(7-5-12)22(20,21)18-9-8-15-17-11-13-3-1-2-10-19(13)15/h1-7,10-11,18H,8-9H2. The van der Waals surface area contributed by atoms with Crippen molar-refractivity contribution >= 4 is 31.5 Å². The van der Waals surface area contributed by atoms with Crippen molar-refractivity contribution in [1.82, 2.24) is 14.1 Å². The van der Waals surface area contributed by atoms with E-state index in [4.69, 9.17) is 0 Å². The normalized spacial score (nSPS) is 11.9. The molecule has 2 heterocycles. The van der Waals surface area contributed by atoms with Gasteiger partial charge in [0.1, 0.15) is 5.82 Å². The zero-order chi connectivity index (χ0) is 15.6. The van der Waals surface area contributed by atoms with Crippen LogP contribution in [0.3, 0.4) is 0 Å². The van der Waals surface area contributed by atoms with E-state index in [1.165, 1.54) is 0 Å². The molecule has 0 radical (unpaired) electrons. The molecule has 0 atom stereocenters. The van der Waals surface area contributed by atoms with Crippen LogP contribution < -0.4 is 4.72 Å². The fraction of sp³-hybridized carbons (Fsp3) is 0.133. The summed E-state index contributed by atoms with van der Waals surface area (Å²) in [5.41, 5.74) is 0.994. The van der Waals surface area contributed by atoms with Crippen molar-refractivity contribution < 1.29 is 8.42 Å². The maximum Gasteiger partial charge on any atom is 0.240 e. The number of sulfonamides is 1. The topological polar surface area (TPSA) is 63.5 Å². The molecule has 22 heavy (non-hydrogen) atoms. The van der Waals surface area contributed by atoms with Gasteiger partial charge in [-0.15, -0.1) is 0 Å². The smallest absolute Gasteiger partial charge is 0.240 e. The second-order valence-electron chi connectivity index (χ2n) is 4.77. The number of imidazole rings is 1. The van der Waals surface area contributed by atoms with Crippen LogP contribution in [-0.2, 0) is 16.4 Å². The van der Waals surface area contributed by atoms with Gasteiger partial charge in [0.15, 0.2) is 0 Å². The van der Waals surface area contributed by atoms with E-state index in [0.29, 0.717) is 13.0 Å². The highest BCUT2D eigenvalue weighted by Crippen LogP contribution is 2.14. The Kier molecular flexibility index (Phi) is 4.28. The van der Waals surface area contributed by atoms with E-state index in [0.717, 1.165) is 15.8 Å². The number of nitrogens with one attached hydrogen (secondary N) is 1. The zero-order valence-electron chi connectivity index (χ0n) is 11.6. The third-order valence-corrected chi connectivity index (χ3v) is 5.29. The van der Waals surface area contributed by atoms with Crippen molar-refractivity contribution in [3.8, 4) is 0 Å². The summed E-state index contributed by atoms with van der Waals surface area (Å²) in [6.45, 7) is 0.298. The number of rotatable bonds is 5. The van der Waals surface area contributed by atoms with Gasteiger partial charge in [0.2, 0.25) is 10.0 Å². The summed E-state index contributed by atoms with van der Waals surface area (Å²) in [4.78, 5) is 4.57. The molecule has 0 bridgehead atoms. The molecular weight excluding hydrogens is 366 g/mol. The van der Waals surface area contributed by atoms with Gasteiger partial charge in [-0.05, 0) is 36.4 Å². The monoisotopic (exact) mass is 379 g/mol. The quantitative estimate of drug-likeness (QED) is 0.740. The lowest BCUT2D eigenvalue weighted by atomic mass is 10.4. The highest BCUT2D eigenvalue weighted by Gasteiger charge is 2.13. The SMILES string of the molecule is O=S(=O)(NCCc1ncc2ccccn12)c1ccc(Br)cc1. The minimum absolute atomic E-state index is 0.253. The van der Waals surface area contributed by atoms with Gasteiger partial charge in [-0.25, -0.2) is 18.1 Å². The van der Waals surface area contributed by atoms with E-state index in [2.05, 4.69) is 25.6 Å². The summed E-state index contributed by atoms with van der Waals surface area (Å²) in [6.07, 6.45) is 4.22. The molecule has 1 N–H and O–H groups in total. The molecule has 0 amide bonds. The first-order valence-corrected chi connectivity index (χ1v) is 9.00. The lowest BCUT2D eigenvalue weighted by molar-refractivity contribution is 0.580. The molecule has 0 spiro atoms. The first-order valence-electron chi connectivity index (χ1n) is 6.72. The molecule has 3 aromatic rings. The molecule has 3 rings (SSSR count). The minimum Gasteiger partial charge on any atom is -0.304 e. The lowest BCUT2D eigenvalue weighted by Crippen LogP contribution is -2.26. The van der Waals surface area contributed by atoms with Crippen molar-refractivity contribution in [2.75, 3.05) is 6.54 Å². The third-order valence-electron chi connectivity index (χ3n) is 3.28. The summed E-state index contributed by atoms with van der Waals surface area (Å²) >= 11 is 3.29. The third kappa shape index (κ3) is 3.21. The van der Waals surface area contributed by atoms with Gasteiger partial charge in [0.25, 0.3) is 0 Å². The average molecular weight is 380 g/mol. The van der Waals surface area contributed by atoms with Gasteiger partial charge in [-0.1, -0.05) is 22.0 Å². The molecule has 0 aliphatic heterocycles. The first kappa shape index (κ1) is 15.2. The lowest BCUT2D eigenvalue weighted by Gasteiger charge is -2.06. The number of benzene rings is 1. The molecule has 0 unspecified atom stereocenters. The second-order valence-corrected chi connectivity index (χ2v) is 7.45. The van der Waals surface area contributed by atoms with Crippen molar-refractivity contribution in [1.29, 1.82) is 0 Å². The fourth-order valence-electron chi connectivity index (χ4n) is 2.18. The summed E-state index contributed by atoms with van der Waals surface area (Å²) < 4.78 is 29.8. The largest absolute Gasteiger partial charge is 0.304 e. The van der Waals surface area contributed by atoms with Crippen molar-refractivity contribution in [3.05, 3.63) is 65.2 Å². The Labute approximate surface area is 137 Å². The van der Waals surface area contributed by atoms with Gasteiger partial charge < -0.3 is 4.40 Å². The van der Waals surface area contributed by atoms with E-state index in [-0.39, 0.29) is 4.90 Å². The Morgan fingerprint density at radius 2 is 1.91 bits per heavy atom. The van der Waals surface area contributed by atoms with Crippen LogP contribution in [-0.4, -0.2) is 24.3 Å². The van der Waals surface area contributed by atoms with Crippen LogP contribution in [0.2, 0.25) is 0 Å². The van der Waals surface area contributed by atoms with E-state index >= 15 is 0 Å². The summed E-state index contributed by atoms with van der Waals surface area (Å²) in [5.74, 6) is 0.828. The molecule has 0 saturated heterocycles. The summed E-state index contributed by atoms with van der Waals surface area (Å²) in [7, 11) is -3.49. The van der Waals surface area contributed by atoms with Gasteiger partial charge >= 0.3 is 0 Å². The molecule has 1 aromatic carbocycles. The predicted octanol–water partition coefficient (Wildman–Crippen LogP) is 2.62. The van der Waals surface area contributed by atoms with Crippen molar-refractivity contribution in [3.63, 3.8) is 0 Å². The molecule has 7 heteroatoms. The van der Waals surface area contributed by atoms with Crippen LogP contribution in [0.25, 0.3) is 5.52 Å². The van der Waals surface area contributed by atoms with Crippen molar-refractivity contribution in [2.24, 2.45) is 0 Å².